The zero-order valence-electron chi connectivity index (χ0n) is 13.2. The Bertz CT molecular complexity index is 408. The van der Waals surface area contributed by atoms with Crippen LogP contribution in [0.1, 0.15) is 41.0 Å². The largest absolute Gasteiger partial charge is 0.459 e. The van der Waals surface area contributed by atoms with E-state index in [0.29, 0.717) is 0 Å². The number of carbonyl (C=O) groups excluding carboxylic acids is 1. The van der Waals surface area contributed by atoms with E-state index in [1.165, 1.54) is 0 Å². The van der Waals surface area contributed by atoms with Crippen LogP contribution < -0.4 is 5.73 Å². The highest BCUT2D eigenvalue weighted by Crippen LogP contribution is 2.54. The quantitative estimate of drug-likeness (QED) is 0.175. The SMILES string of the molecule is CCOP(=O)(OCC)C(C/C(N)=N/O)C(=O)OC(C)(C)C. The molecule has 0 aliphatic heterocycles. The molecule has 0 heterocycles. The lowest BCUT2D eigenvalue weighted by molar-refractivity contribution is -0.154. The van der Waals surface area contributed by atoms with Crippen molar-refractivity contribution in [2.45, 2.75) is 52.3 Å². The molecule has 0 saturated carbocycles. The van der Waals surface area contributed by atoms with E-state index in [0.717, 1.165) is 0 Å². The van der Waals surface area contributed by atoms with Gasteiger partial charge in [-0.05, 0) is 34.6 Å². The van der Waals surface area contributed by atoms with Gasteiger partial charge in [0.15, 0.2) is 5.66 Å². The molecule has 1 unspecified atom stereocenters. The highest BCUT2D eigenvalue weighted by molar-refractivity contribution is 7.55. The number of ether oxygens (including phenoxy) is 1. The Morgan fingerprint density at radius 2 is 1.76 bits per heavy atom. The van der Waals surface area contributed by atoms with E-state index in [4.69, 9.17) is 24.7 Å². The van der Waals surface area contributed by atoms with E-state index in [9.17, 15) is 9.36 Å². The maximum Gasteiger partial charge on any atom is 0.345 e. The Kier molecular flexibility index (Phi) is 7.92. The summed E-state index contributed by atoms with van der Waals surface area (Å²) in [7, 11) is -3.79. The van der Waals surface area contributed by atoms with Crippen molar-refractivity contribution in [3.8, 4) is 0 Å². The molecule has 9 heteroatoms. The molecule has 0 aromatic rings. The summed E-state index contributed by atoms with van der Waals surface area (Å²) < 4.78 is 28.3. The molecule has 0 aliphatic rings. The Morgan fingerprint density at radius 3 is 2.10 bits per heavy atom. The summed E-state index contributed by atoms with van der Waals surface area (Å²) in [6.45, 7) is 8.47. The number of esters is 1. The molecule has 0 rings (SSSR count). The Hall–Kier alpha value is -1.11. The second kappa shape index (κ2) is 8.36. The number of hydrogen-bond donors (Lipinski definition) is 2. The third-order valence-corrected chi connectivity index (χ3v) is 4.60. The molecule has 21 heavy (non-hydrogen) atoms. The summed E-state index contributed by atoms with van der Waals surface area (Å²) in [5.41, 5.74) is 3.37. The van der Waals surface area contributed by atoms with Crippen molar-refractivity contribution in [2.24, 2.45) is 10.9 Å². The minimum atomic E-state index is -3.79. The van der Waals surface area contributed by atoms with Gasteiger partial charge in [-0.3, -0.25) is 9.36 Å². The first-order chi connectivity index (χ1) is 9.59. The lowest BCUT2D eigenvalue weighted by Gasteiger charge is -2.28. The molecule has 0 fully saturated rings. The third kappa shape index (κ3) is 6.93. The van der Waals surface area contributed by atoms with E-state index < -0.39 is 24.8 Å². The van der Waals surface area contributed by atoms with Crippen molar-refractivity contribution < 1.29 is 28.4 Å². The lowest BCUT2D eigenvalue weighted by Crippen LogP contribution is -2.35. The fourth-order valence-electron chi connectivity index (χ4n) is 1.51. The van der Waals surface area contributed by atoms with Crippen molar-refractivity contribution in [2.75, 3.05) is 13.2 Å². The number of nitrogens with two attached hydrogens (primary N) is 1. The van der Waals surface area contributed by atoms with Gasteiger partial charge in [0.1, 0.15) is 11.4 Å². The van der Waals surface area contributed by atoms with Gasteiger partial charge in [0.05, 0.1) is 13.2 Å². The Labute approximate surface area is 125 Å². The number of amidine groups is 1. The van der Waals surface area contributed by atoms with Crippen LogP contribution in [0.4, 0.5) is 0 Å². The molecule has 0 bridgehead atoms. The standard InChI is InChI=1S/C12H25N2O6P/c1-6-18-21(17,19-7-2)9(8-10(13)14-16)11(15)20-12(3,4)5/h9,16H,6-8H2,1-5H3,(H2,13,14). The van der Waals surface area contributed by atoms with Crippen LogP contribution in [-0.4, -0.2) is 41.5 Å². The fourth-order valence-corrected chi connectivity index (χ4v) is 3.39. The van der Waals surface area contributed by atoms with Crippen molar-refractivity contribution >= 4 is 19.4 Å². The molecule has 124 valence electrons. The summed E-state index contributed by atoms with van der Waals surface area (Å²) >= 11 is 0. The van der Waals surface area contributed by atoms with E-state index in [-0.39, 0.29) is 25.5 Å². The van der Waals surface area contributed by atoms with Crippen LogP contribution in [0, 0.1) is 0 Å². The second-order valence-corrected chi connectivity index (χ2v) is 7.44. The normalized spacial score (nSPS) is 14.8. The van der Waals surface area contributed by atoms with Crippen LogP contribution in [0.15, 0.2) is 5.16 Å². The van der Waals surface area contributed by atoms with Gasteiger partial charge >= 0.3 is 13.6 Å². The van der Waals surface area contributed by atoms with E-state index in [2.05, 4.69) is 5.16 Å². The molecule has 0 aliphatic carbocycles. The van der Waals surface area contributed by atoms with Gasteiger partial charge in [-0.2, -0.15) is 0 Å². The van der Waals surface area contributed by atoms with Gasteiger partial charge in [0.2, 0.25) is 0 Å². The molecule has 1 atom stereocenters. The Morgan fingerprint density at radius 1 is 1.29 bits per heavy atom. The lowest BCUT2D eigenvalue weighted by atomic mass is 10.2. The molecule has 0 aromatic carbocycles. The van der Waals surface area contributed by atoms with Crippen molar-refractivity contribution in [1.82, 2.24) is 0 Å². The molecule has 0 radical (unpaired) electrons. The zero-order chi connectivity index (χ0) is 16.7. The average molecular weight is 324 g/mol. The average Bonchev–Trinajstić information content (AvgIpc) is 2.33. The molecular weight excluding hydrogens is 299 g/mol. The highest BCUT2D eigenvalue weighted by atomic mass is 31.2. The van der Waals surface area contributed by atoms with Crippen LogP contribution in [0.2, 0.25) is 0 Å². The van der Waals surface area contributed by atoms with Gasteiger partial charge < -0.3 is 24.7 Å². The van der Waals surface area contributed by atoms with E-state index >= 15 is 0 Å². The summed E-state index contributed by atoms with van der Waals surface area (Å²) in [5.74, 6) is -1.04. The maximum absolute atomic E-state index is 12.8. The van der Waals surface area contributed by atoms with Gasteiger partial charge in [-0.25, -0.2) is 0 Å². The van der Waals surface area contributed by atoms with Gasteiger partial charge in [-0.15, -0.1) is 0 Å². The molecule has 0 amide bonds. The first-order valence-electron chi connectivity index (χ1n) is 6.67. The molecule has 8 nitrogen and oxygen atoms in total. The van der Waals surface area contributed by atoms with Crippen LogP contribution >= 0.6 is 7.60 Å². The molecular formula is C12H25N2O6P. The van der Waals surface area contributed by atoms with Crippen molar-refractivity contribution in [1.29, 1.82) is 0 Å². The molecule has 0 aromatic heterocycles. The van der Waals surface area contributed by atoms with Gasteiger partial charge in [0, 0.05) is 6.42 Å². The predicted molar refractivity (Wildman–Crippen MR) is 78.5 cm³/mol. The summed E-state index contributed by atoms with van der Waals surface area (Å²) in [5, 5.41) is 11.5. The van der Waals surface area contributed by atoms with Gasteiger partial charge in [-0.1, -0.05) is 5.16 Å². The number of oxime groups is 1. The number of nitrogens with zero attached hydrogens (tertiary/aromatic N) is 1. The first kappa shape index (κ1) is 19.9. The highest BCUT2D eigenvalue weighted by Gasteiger charge is 2.44. The summed E-state index contributed by atoms with van der Waals surface area (Å²) in [4.78, 5) is 12.3. The van der Waals surface area contributed by atoms with Crippen LogP contribution in [0.3, 0.4) is 0 Å². The predicted octanol–water partition coefficient (Wildman–Crippen LogP) is 2.10. The Balaban J connectivity index is 5.46. The minimum Gasteiger partial charge on any atom is -0.459 e. The third-order valence-electron chi connectivity index (χ3n) is 2.21. The fraction of sp³-hybridized carbons (Fsp3) is 0.833. The number of rotatable bonds is 8. The van der Waals surface area contributed by atoms with Crippen molar-refractivity contribution in [3.05, 3.63) is 0 Å². The summed E-state index contributed by atoms with van der Waals surface area (Å²) in [6, 6.07) is 0. The number of hydrogen-bond acceptors (Lipinski definition) is 7. The van der Waals surface area contributed by atoms with Crippen LogP contribution in [0.5, 0.6) is 0 Å². The van der Waals surface area contributed by atoms with Gasteiger partial charge in [0.25, 0.3) is 0 Å². The smallest absolute Gasteiger partial charge is 0.345 e. The first-order valence-corrected chi connectivity index (χ1v) is 8.28. The topological polar surface area (TPSA) is 120 Å². The summed E-state index contributed by atoms with van der Waals surface area (Å²) in [6.07, 6.45) is -0.289. The zero-order valence-corrected chi connectivity index (χ0v) is 14.1. The second-order valence-electron chi connectivity index (χ2n) is 5.22. The molecule has 0 spiro atoms. The monoisotopic (exact) mass is 324 g/mol. The molecule has 3 N–H and O–H groups in total. The number of carbonyl (C=O) groups is 1. The van der Waals surface area contributed by atoms with Crippen LogP contribution in [-0.2, 0) is 23.1 Å². The van der Waals surface area contributed by atoms with E-state index in [1.807, 2.05) is 0 Å². The van der Waals surface area contributed by atoms with E-state index in [1.54, 1.807) is 34.6 Å². The minimum absolute atomic E-state index is 0.0900. The van der Waals surface area contributed by atoms with Crippen molar-refractivity contribution in [3.63, 3.8) is 0 Å². The molecule has 0 saturated heterocycles. The maximum atomic E-state index is 12.8. The van der Waals surface area contributed by atoms with Crippen LogP contribution in [0.25, 0.3) is 0 Å².